The Hall–Kier alpha value is -6.81. The van der Waals surface area contributed by atoms with E-state index >= 15 is 0 Å². The molecule has 5 N–H and O–H groups in total. The third-order valence-corrected chi connectivity index (χ3v) is 8.93. The molecule has 1 aliphatic heterocycles. The highest BCUT2D eigenvalue weighted by Crippen LogP contribution is 2.42. The third-order valence-electron chi connectivity index (χ3n) is 8.69. The van der Waals surface area contributed by atoms with Crippen molar-refractivity contribution in [3.63, 3.8) is 0 Å². The minimum Gasteiger partial charge on any atom is -0.508 e. The number of nitrogens with one attached hydrogen (secondary N) is 3. The van der Waals surface area contributed by atoms with Gasteiger partial charge in [-0.05, 0) is 85.6 Å². The molecular formula is C37H31N9O6S. The Morgan fingerprint density at radius 3 is 2.60 bits per heavy atom. The average molecular weight is 730 g/mol. The van der Waals surface area contributed by atoms with E-state index in [2.05, 4.69) is 36.1 Å². The molecule has 6 aromatic rings. The number of rotatable bonds is 11. The predicted octanol–water partition coefficient (Wildman–Crippen LogP) is 6.12. The summed E-state index contributed by atoms with van der Waals surface area (Å²) in [5, 5.41) is 40.8. The minimum absolute atomic E-state index is 0.0223. The molecule has 4 aromatic heterocycles. The van der Waals surface area contributed by atoms with Crippen molar-refractivity contribution >= 4 is 62.6 Å². The molecule has 0 atom stereocenters. The molecule has 1 aliphatic carbocycles. The summed E-state index contributed by atoms with van der Waals surface area (Å²) >= 11 is 5.52. The van der Waals surface area contributed by atoms with E-state index in [1.54, 1.807) is 51.9 Å². The van der Waals surface area contributed by atoms with Gasteiger partial charge in [-0.15, -0.1) is 5.10 Å². The van der Waals surface area contributed by atoms with Gasteiger partial charge in [0.05, 0.1) is 17.2 Å². The minimum atomic E-state index is -1.14. The Morgan fingerprint density at radius 2 is 1.77 bits per heavy atom. The molecule has 0 saturated carbocycles. The van der Waals surface area contributed by atoms with E-state index in [9.17, 15) is 19.8 Å². The van der Waals surface area contributed by atoms with Crippen molar-refractivity contribution in [3.05, 3.63) is 95.0 Å². The van der Waals surface area contributed by atoms with E-state index in [0.29, 0.717) is 80.4 Å². The number of benzene rings is 3. The summed E-state index contributed by atoms with van der Waals surface area (Å²) in [6.07, 6.45) is 6.01. The molecule has 5 heterocycles. The van der Waals surface area contributed by atoms with Gasteiger partial charge in [0.2, 0.25) is 11.8 Å². The summed E-state index contributed by atoms with van der Waals surface area (Å²) in [5.41, 5.74) is 3.32. The zero-order chi connectivity index (χ0) is 36.6. The maximum absolute atomic E-state index is 12.6. The molecular weight excluding hydrogens is 699 g/mol. The van der Waals surface area contributed by atoms with Gasteiger partial charge in [-0.3, -0.25) is 9.48 Å². The maximum atomic E-state index is 12.6. The van der Waals surface area contributed by atoms with Crippen molar-refractivity contribution in [1.29, 1.82) is 0 Å². The van der Waals surface area contributed by atoms with Gasteiger partial charge in [-0.25, -0.2) is 9.78 Å². The SMILES string of the molecule is Cn1cc2c(nc(NCCCCCNC(=S)Nc3ccc(-c4c5ccc(=O)cc-5oc5cc(O)ccc45)c(C(=O)O)c3)n3nc(-c4ccco4)nc23)n1. The summed E-state index contributed by atoms with van der Waals surface area (Å²) in [5.74, 6) is 0.663. The number of carbonyl (C=O) groups is 1. The third kappa shape index (κ3) is 6.58. The van der Waals surface area contributed by atoms with E-state index in [1.165, 1.54) is 30.3 Å². The van der Waals surface area contributed by atoms with E-state index in [1.807, 2.05) is 13.2 Å². The zero-order valence-electron chi connectivity index (χ0n) is 28.2. The number of aromatic carboxylic acids is 1. The van der Waals surface area contributed by atoms with Crippen molar-refractivity contribution in [1.82, 2.24) is 34.7 Å². The number of aryl methyl sites for hydroxylation is 1. The van der Waals surface area contributed by atoms with E-state index in [-0.39, 0.29) is 22.5 Å². The molecule has 53 heavy (non-hydrogen) atoms. The molecule has 2 aromatic carbocycles. The number of furan rings is 1. The first-order chi connectivity index (χ1) is 25.7. The number of nitrogens with zero attached hydrogens (tertiary/aromatic N) is 6. The topological polar surface area (TPSA) is 198 Å². The fourth-order valence-electron chi connectivity index (χ4n) is 6.29. The quantitative estimate of drug-likeness (QED) is 0.0580. The first-order valence-corrected chi connectivity index (χ1v) is 17.1. The number of aromatic hydroxyl groups is 1. The van der Waals surface area contributed by atoms with Crippen molar-refractivity contribution < 1.29 is 23.8 Å². The fourth-order valence-corrected chi connectivity index (χ4v) is 6.51. The van der Waals surface area contributed by atoms with Crippen LogP contribution < -0.4 is 21.4 Å². The molecule has 0 saturated heterocycles. The molecule has 15 nitrogen and oxygen atoms in total. The molecule has 0 spiro atoms. The van der Waals surface area contributed by atoms with E-state index < -0.39 is 5.97 Å². The Labute approximate surface area is 305 Å². The number of aromatic nitrogens is 6. The van der Waals surface area contributed by atoms with Crippen LogP contribution in [-0.2, 0) is 7.05 Å². The number of hydrogen-bond acceptors (Lipinski definition) is 11. The fraction of sp³-hybridized carbons (Fsp3) is 0.162. The second-order valence-electron chi connectivity index (χ2n) is 12.4. The lowest BCUT2D eigenvalue weighted by molar-refractivity contribution is 0.0697. The van der Waals surface area contributed by atoms with Gasteiger partial charge >= 0.3 is 5.97 Å². The van der Waals surface area contributed by atoms with Crippen molar-refractivity contribution in [2.45, 2.75) is 19.3 Å². The van der Waals surface area contributed by atoms with Crippen molar-refractivity contribution in [2.75, 3.05) is 23.7 Å². The van der Waals surface area contributed by atoms with Gasteiger partial charge in [0.15, 0.2) is 27.6 Å². The van der Waals surface area contributed by atoms with E-state index in [4.69, 9.17) is 21.1 Å². The number of anilines is 2. The smallest absolute Gasteiger partial charge is 0.336 e. The molecule has 2 aliphatic rings. The van der Waals surface area contributed by atoms with Crippen LogP contribution in [0.1, 0.15) is 29.6 Å². The van der Waals surface area contributed by atoms with Gasteiger partial charge in [-0.2, -0.15) is 14.6 Å². The highest BCUT2D eigenvalue weighted by molar-refractivity contribution is 7.80. The number of phenolic OH excluding ortho intramolecular Hbond substituents is 1. The van der Waals surface area contributed by atoms with Gasteiger partial charge in [0.1, 0.15) is 17.1 Å². The highest BCUT2D eigenvalue weighted by Gasteiger charge is 2.23. The number of phenols is 1. The summed E-state index contributed by atoms with van der Waals surface area (Å²) in [6.45, 7) is 1.25. The highest BCUT2D eigenvalue weighted by atomic mass is 32.1. The average Bonchev–Trinajstić information content (AvgIpc) is 3.90. The van der Waals surface area contributed by atoms with Crippen LogP contribution in [0.15, 0.2) is 92.8 Å². The standard InChI is InChI=1S/C37H31N9O6S/c1-45-19-27-32(43-45)42-36(46-34(27)41-33(44-46)28-6-5-15-51-28)38-13-3-2-4-14-39-37(53)40-20-7-10-23(26(16-20)35(49)50)31-24-11-8-21(47)17-29(24)52-30-18-22(48)9-12-25(30)31/h5-12,15-19,47H,2-4,13-14H2,1H3,(H,49,50)(H,38,42,43)(H2,39,40,53). The number of unbranched alkanes of at least 4 members (excludes halogenated alkanes) is 2. The van der Waals surface area contributed by atoms with Crippen LogP contribution in [0.3, 0.4) is 0 Å². The predicted molar refractivity (Wildman–Crippen MR) is 202 cm³/mol. The van der Waals surface area contributed by atoms with Crippen LogP contribution in [0, 0.1) is 0 Å². The Bertz CT molecular complexity index is 2700. The number of hydrogen-bond donors (Lipinski definition) is 5. The van der Waals surface area contributed by atoms with Gasteiger partial charge < -0.3 is 35.0 Å². The number of carboxylic acid groups (broad SMARTS) is 1. The van der Waals surface area contributed by atoms with Crippen LogP contribution in [0.4, 0.5) is 11.6 Å². The zero-order valence-corrected chi connectivity index (χ0v) is 29.0. The molecule has 0 amide bonds. The number of carboxylic acids is 1. The normalized spacial score (nSPS) is 11.5. The molecule has 0 radical (unpaired) electrons. The van der Waals surface area contributed by atoms with Gasteiger partial charge in [0.25, 0.3) is 0 Å². The lowest BCUT2D eigenvalue weighted by Gasteiger charge is -2.18. The first-order valence-electron chi connectivity index (χ1n) is 16.7. The summed E-state index contributed by atoms with van der Waals surface area (Å²) in [4.78, 5) is 34.0. The molecule has 0 fully saturated rings. The Kier molecular flexibility index (Phi) is 8.63. The van der Waals surface area contributed by atoms with Crippen molar-refractivity contribution in [2.24, 2.45) is 7.05 Å². The molecule has 8 rings (SSSR count). The molecule has 0 bridgehead atoms. The molecule has 16 heteroatoms. The number of thiocarbonyl (C=S) groups is 1. The molecule has 266 valence electrons. The Morgan fingerprint density at radius 1 is 0.925 bits per heavy atom. The lowest BCUT2D eigenvalue weighted by atomic mass is 9.90. The van der Waals surface area contributed by atoms with Gasteiger partial charge in [-0.1, -0.05) is 6.07 Å². The van der Waals surface area contributed by atoms with Crippen LogP contribution >= 0.6 is 12.2 Å². The largest absolute Gasteiger partial charge is 0.508 e. The first kappa shape index (κ1) is 33.3. The van der Waals surface area contributed by atoms with E-state index in [0.717, 1.165) is 24.6 Å². The number of fused-ring (bicyclic) bond motifs is 5. The Balaban J connectivity index is 0.895. The monoisotopic (exact) mass is 729 g/mol. The summed E-state index contributed by atoms with van der Waals surface area (Å²) in [7, 11) is 1.83. The van der Waals surface area contributed by atoms with Crippen LogP contribution in [0.5, 0.6) is 5.75 Å². The second-order valence-corrected chi connectivity index (χ2v) is 12.8. The molecule has 0 unspecified atom stereocenters. The summed E-state index contributed by atoms with van der Waals surface area (Å²) < 4.78 is 14.8. The summed E-state index contributed by atoms with van der Waals surface area (Å²) in [6, 6.07) is 17.5. The maximum Gasteiger partial charge on any atom is 0.336 e. The van der Waals surface area contributed by atoms with Crippen LogP contribution in [-0.4, -0.2) is 63.7 Å². The van der Waals surface area contributed by atoms with Crippen molar-refractivity contribution in [3.8, 4) is 39.8 Å². The van der Waals surface area contributed by atoms with Crippen LogP contribution in [0.25, 0.3) is 61.7 Å². The van der Waals surface area contributed by atoms with Crippen LogP contribution in [0.2, 0.25) is 0 Å². The lowest BCUT2D eigenvalue weighted by Crippen LogP contribution is -2.29. The van der Waals surface area contributed by atoms with Gasteiger partial charge in [0, 0.05) is 60.7 Å². The second kappa shape index (κ2) is 13.7.